The van der Waals surface area contributed by atoms with Crippen molar-refractivity contribution in [3.05, 3.63) is 46.2 Å². The van der Waals surface area contributed by atoms with Crippen molar-refractivity contribution in [3.8, 4) is 18.6 Å². The van der Waals surface area contributed by atoms with Crippen LogP contribution in [-0.2, 0) is 0 Å². The van der Waals surface area contributed by atoms with Crippen LogP contribution in [0.5, 0.6) is 0 Å². The molecule has 0 unspecified atom stereocenters. The van der Waals surface area contributed by atoms with E-state index in [1.807, 2.05) is 22.7 Å². The standard InChI is InChI=1S/C14H12S2Se/c1-9-3-5-11(15-9)13-7-8-14(17-13)12-6-4-10(2)16-12/h3-8H,1-2H3. The number of aryl methyl sites for hydroxylation is 2. The van der Waals surface area contributed by atoms with Gasteiger partial charge in [-0.25, -0.2) is 0 Å². The van der Waals surface area contributed by atoms with Gasteiger partial charge in [0.15, 0.2) is 0 Å². The van der Waals surface area contributed by atoms with Crippen LogP contribution in [0, 0.1) is 13.8 Å². The van der Waals surface area contributed by atoms with Crippen molar-refractivity contribution in [1.29, 1.82) is 0 Å². The topological polar surface area (TPSA) is 0 Å². The SMILES string of the molecule is Cc1ccc(-c2ccc(-c3ccc(C)s3)[se]2)s1. The van der Waals surface area contributed by atoms with Crippen LogP contribution < -0.4 is 0 Å². The Labute approximate surface area is 115 Å². The zero-order valence-electron chi connectivity index (χ0n) is 9.69. The van der Waals surface area contributed by atoms with Gasteiger partial charge >= 0.3 is 116 Å². The second-order valence-electron chi connectivity index (χ2n) is 3.98. The van der Waals surface area contributed by atoms with Crippen LogP contribution in [0.1, 0.15) is 9.75 Å². The third-order valence-corrected chi connectivity index (χ3v) is 7.64. The third-order valence-electron chi connectivity index (χ3n) is 2.57. The molecule has 3 heteroatoms. The summed E-state index contributed by atoms with van der Waals surface area (Å²) in [4.78, 5) is 5.69. The summed E-state index contributed by atoms with van der Waals surface area (Å²) in [7, 11) is 0. The van der Waals surface area contributed by atoms with Gasteiger partial charge in [-0.05, 0) is 0 Å². The Morgan fingerprint density at radius 2 is 1.18 bits per heavy atom. The fourth-order valence-electron chi connectivity index (χ4n) is 1.74. The summed E-state index contributed by atoms with van der Waals surface area (Å²) < 4.78 is 3.05. The van der Waals surface area contributed by atoms with E-state index in [-0.39, 0.29) is 0 Å². The molecule has 3 rings (SSSR count). The molecule has 0 aliphatic carbocycles. The monoisotopic (exact) mass is 324 g/mol. The normalized spacial score (nSPS) is 10.9. The molecular formula is C14H12S2Se. The Bertz CT molecular complexity index is 588. The van der Waals surface area contributed by atoms with Crippen LogP contribution in [0.3, 0.4) is 0 Å². The maximum absolute atomic E-state index is 2.30. The molecule has 0 radical (unpaired) electrons. The van der Waals surface area contributed by atoms with Gasteiger partial charge in [0, 0.05) is 0 Å². The first-order valence-electron chi connectivity index (χ1n) is 5.46. The van der Waals surface area contributed by atoms with E-state index in [2.05, 4.69) is 50.2 Å². The van der Waals surface area contributed by atoms with Crippen LogP contribution in [0.25, 0.3) is 18.6 Å². The Balaban J connectivity index is 1.98. The molecule has 86 valence electrons. The van der Waals surface area contributed by atoms with E-state index < -0.39 is 0 Å². The summed E-state index contributed by atoms with van der Waals surface area (Å²) in [5, 5.41) is 0. The van der Waals surface area contributed by atoms with Gasteiger partial charge in [-0.3, -0.25) is 0 Å². The van der Waals surface area contributed by atoms with Crippen LogP contribution in [0.4, 0.5) is 0 Å². The van der Waals surface area contributed by atoms with Crippen molar-refractivity contribution < 1.29 is 0 Å². The number of rotatable bonds is 2. The Hall–Kier alpha value is -0.601. The molecule has 3 heterocycles. The average Bonchev–Trinajstić information content (AvgIpc) is 2.96. The van der Waals surface area contributed by atoms with Gasteiger partial charge in [-0.15, -0.1) is 0 Å². The van der Waals surface area contributed by atoms with Crippen molar-refractivity contribution >= 4 is 37.2 Å². The van der Waals surface area contributed by atoms with E-state index in [9.17, 15) is 0 Å². The molecular weight excluding hydrogens is 311 g/mol. The van der Waals surface area contributed by atoms with Crippen molar-refractivity contribution in [2.45, 2.75) is 13.8 Å². The van der Waals surface area contributed by atoms with E-state index in [4.69, 9.17) is 0 Å². The second kappa shape index (κ2) is 4.58. The van der Waals surface area contributed by atoms with Crippen LogP contribution in [-0.4, -0.2) is 14.5 Å². The Morgan fingerprint density at radius 3 is 1.53 bits per heavy atom. The quantitative estimate of drug-likeness (QED) is 0.593. The predicted octanol–water partition coefficient (Wildman–Crippen LogP) is 4.82. The molecule has 0 atom stereocenters. The molecule has 0 spiro atoms. The van der Waals surface area contributed by atoms with Gasteiger partial charge in [0.2, 0.25) is 0 Å². The molecule has 0 amide bonds. The maximum atomic E-state index is 2.30. The second-order valence-corrected chi connectivity index (χ2v) is 8.83. The Kier molecular flexibility index (Phi) is 3.10. The molecule has 0 N–H and O–H groups in total. The molecule has 3 aromatic rings. The van der Waals surface area contributed by atoms with E-state index in [0.717, 1.165) is 0 Å². The number of hydrogen-bond donors (Lipinski definition) is 0. The molecule has 0 saturated carbocycles. The van der Waals surface area contributed by atoms with E-state index in [0.29, 0.717) is 14.5 Å². The molecule has 0 fully saturated rings. The molecule has 0 aliphatic heterocycles. The van der Waals surface area contributed by atoms with Gasteiger partial charge in [0.25, 0.3) is 0 Å². The number of hydrogen-bond acceptors (Lipinski definition) is 2. The van der Waals surface area contributed by atoms with Gasteiger partial charge in [0.1, 0.15) is 0 Å². The minimum absolute atomic E-state index is 0.481. The zero-order valence-corrected chi connectivity index (χ0v) is 13.0. The van der Waals surface area contributed by atoms with Gasteiger partial charge in [0.05, 0.1) is 0 Å². The third kappa shape index (κ3) is 2.34. The summed E-state index contributed by atoms with van der Waals surface area (Å²) in [6, 6.07) is 13.5. The Morgan fingerprint density at radius 1 is 0.706 bits per heavy atom. The van der Waals surface area contributed by atoms with Crippen LogP contribution >= 0.6 is 22.7 Å². The molecule has 0 nitrogen and oxygen atoms in total. The first kappa shape index (κ1) is 11.5. The summed E-state index contributed by atoms with van der Waals surface area (Å²) in [6.07, 6.45) is 0. The molecule has 0 aromatic carbocycles. The zero-order chi connectivity index (χ0) is 11.8. The van der Waals surface area contributed by atoms with Crippen molar-refractivity contribution in [2.75, 3.05) is 0 Å². The van der Waals surface area contributed by atoms with E-state index in [1.54, 1.807) is 0 Å². The van der Waals surface area contributed by atoms with Gasteiger partial charge in [-0.1, -0.05) is 0 Å². The van der Waals surface area contributed by atoms with E-state index >= 15 is 0 Å². The molecule has 17 heavy (non-hydrogen) atoms. The first-order valence-corrected chi connectivity index (χ1v) is 8.80. The molecule has 0 saturated heterocycles. The van der Waals surface area contributed by atoms with Gasteiger partial charge < -0.3 is 0 Å². The fraction of sp³-hybridized carbons (Fsp3) is 0.143. The summed E-state index contributed by atoms with van der Waals surface area (Å²) in [5.41, 5.74) is 0. The van der Waals surface area contributed by atoms with Crippen LogP contribution in [0.2, 0.25) is 0 Å². The van der Waals surface area contributed by atoms with Crippen LogP contribution in [0.15, 0.2) is 36.4 Å². The van der Waals surface area contributed by atoms with Crippen molar-refractivity contribution in [3.63, 3.8) is 0 Å². The fourth-order valence-corrected chi connectivity index (χ4v) is 6.05. The van der Waals surface area contributed by atoms with Gasteiger partial charge in [-0.2, -0.15) is 0 Å². The summed E-state index contributed by atoms with van der Waals surface area (Å²) in [6.45, 7) is 4.35. The number of thiophene rings is 2. The predicted molar refractivity (Wildman–Crippen MR) is 79.5 cm³/mol. The van der Waals surface area contributed by atoms with E-state index in [1.165, 1.54) is 28.4 Å². The summed E-state index contributed by atoms with van der Waals surface area (Å²) >= 11 is 4.29. The molecule has 3 aromatic heterocycles. The minimum atomic E-state index is 0.481. The summed E-state index contributed by atoms with van der Waals surface area (Å²) in [5.74, 6) is 0. The molecule has 0 aliphatic rings. The van der Waals surface area contributed by atoms with Crippen molar-refractivity contribution in [1.82, 2.24) is 0 Å². The van der Waals surface area contributed by atoms with Crippen molar-refractivity contribution in [2.24, 2.45) is 0 Å². The first-order chi connectivity index (χ1) is 8.22. The molecule has 0 bridgehead atoms. The average molecular weight is 323 g/mol.